The molecule has 3 amide bonds. The van der Waals surface area contributed by atoms with E-state index in [2.05, 4.69) is 20.9 Å². The number of aromatic nitrogens is 1. The van der Waals surface area contributed by atoms with Crippen molar-refractivity contribution in [3.8, 4) is 0 Å². The Morgan fingerprint density at radius 1 is 0.732 bits per heavy atom. The van der Waals surface area contributed by atoms with Gasteiger partial charge in [-0.15, -0.1) is 0 Å². The number of benzene rings is 3. The molecule has 10 nitrogen and oxygen atoms in total. The molecule has 0 aliphatic carbocycles. The zero-order valence-corrected chi connectivity index (χ0v) is 22.4. The number of rotatable bonds is 13. The molecule has 3 aromatic carbocycles. The lowest BCUT2D eigenvalue weighted by Gasteiger charge is -2.21. The van der Waals surface area contributed by atoms with Crippen LogP contribution in [0.25, 0.3) is 10.9 Å². The van der Waals surface area contributed by atoms with Crippen LogP contribution >= 0.6 is 0 Å². The van der Waals surface area contributed by atoms with Crippen LogP contribution in [-0.4, -0.2) is 58.5 Å². The lowest BCUT2D eigenvalue weighted by atomic mass is 10.0. The summed E-state index contributed by atoms with van der Waals surface area (Å²) in [6, 6.07) is 22.6. The summed E-state index contributed by atoms with van der Waals surface area (Å²) in [6.07, 6.45) is 2.34. The maximum atomic E-state index is 13.1. The molecule has 0 aliphatic rings. The first-order valence-electron chi connectivity index (χ1n) is 13.3. The van der Waals surface area contributed by atoms with E-state index in [0.717, 1.165) is 27.6 Å². The first-order chi connectivity index (χ1) is 19.8. The molecule has 41 heavy (non-hydrogen) atoms. The molecule has 3 atom stereocenters. The number of nitrogens with two attached hydrogens (primary N) is 1. The molecule has 0 aliphatic heterocycles. The Balaban J connectivity index is 1.37. The molecule has 7 N–H and O–H groups in total. The maximum Gasteiger partial charge on any atom is 0.326 e. The second-order valence-electron chi connectivity index (χ2n) is 9.79. The molecule has 0 bridgehead atoms. The number of hydrogen-bond acceptors (Lipinski definition) is 5. The van der Waals surface area contributed by atoms with Gasteiger partial charge >= 0.3 is 5.97 Å². The highest BCUT2D eigenvalue weighted by molar-refractivity contribution is 5.93. The van der Waals surface area contributed by atoms with Crippen LogP contribution in [0.4, 0.5) is 0 Å². The van der Waals surface area contributed by atoms with Gasteiger partial charge in [-0.05, 0) is 29.2 Å². The van der Waals surface area contributed by atoms with E-state index >= 15 is 0 Å². The van der Waals surface area contributed by atoms with E-state index in [4.69, 9.17) is 5.73 Å². The molecule has 1 heterocycles. The molecule has 212 valence electrons. The van der Waals surface area contributed by atoms with Crippen LogP contribution in [0, 0.1) is 0 Å². The average molecular weight is 556 g/mol. The van der Waals surface area contributed by atoms with Crippen molar-refractivity contribution in [1.82, 2.24) is 20.9 Å². The third-order valence-electron chi connectivity index (χ3n) is 6.71. The number of carboxylic acid groups (broad SMARTS) is 1. The molecular weight excluding hydrogens is 522 g/mol. The molecule has 0 saturated heterocycles. The number of aromatic amines is 1. The zero-order valence-electron chi connectivity index (χ0n) is 22.4. The minimum Gasteiger partial charge on any atom is -0.480 e. The quantitative estimate of drug-likeness (QED) is 0.147. The summed E-state index contributed by atoms with van der Waals surface area (Å²) < 4.78 is 0. The lowest BCUT2D eigenvalue weighted by Crippen LogP contribution is -2.54. The number of carboxylic acids is 1. The van der Waals surface area contributed by atoms with Crippen LogP contribution in [0.2, 0.25) is 0 Å². The fourth-order valence-corrected chi connectivity index (χ4v) is 4.55. The SMILES string of the molecule is NC(Cc1c[nH]c2ccccc12)C(=O)NC(Cc1ccccc1)C(=O)NCC(=O)NC(Cc1ccccc1)C(=O)O. The van der Waals surface area contributed by atoms with Crippen LogP contribution in [-0.2, 0) is 38.4 Å². The normalized spacial score (nSPS) is 13.1. The van der Waals surface area contributed by atoms with E-state index in [1.165, 1.54) is 0 Å². The van der Waals surface area contributed by atoms with E-state index in [1.807, 2.05) is 66.9 Å². The van der Waals surface area contributed by atoms with Crippen molar-refractivity contribution in [2.45, 2.75) is 37.4 Å². The minimum absolute atomic E-state index is 0.0941. The standard InChI is InChI=1S/C31H33N5O5/c32-24(17-22-18-33-25-14-8-7-13-23(22)25)29(38)36-26(15-20-9-3-1-4-10-20)30(39)34-19-28(37)35-27(31(40)41)16-21-11-5-2-6-12-21/h1-14,18,24,26-27,33H,15-17,19,32H2,(H,34,39)(H,35,37)(H,36,38)(H,40,41). The van der Waals surface area contributed by atoms with Crippen molar-refractivity contribution in [2.24, 2.45) is 5.73 Å². The summed E-state index contributed by atoms with van der Waals surface area (Å²) in [5.74, 6) is -2.95. The van der Waals surface area contributed by atoms with Crippen LogP contribution in [0.1, 0.15) is 16.7 Å². The molecule has 4 rings (SSSR count). The highest BCUT2D eigenvalue weighted by Gasteiger charge is 2.26. The zero-order chi connectivity index (χ0) is 29.2. The van der Waals surface area contributed by atoms with E-state index in [9.17, 15) is 24.3 Å². The molecule has 3 unspecified atom stereocenters. The van der Waals surface area contributed by atoms with Crippen molar-refractivity contribution < 1.29 is 24.3 Å². The lowest BCUT2D eigenvalue weighted by molar-refractivity contribution is -0.141. The Hall–Kier alpha value is -4.96. The number of carbonyl (C=O) groups is 4. The third kappa shape index (κ3) is 8.26. The van der Waals surface area contributed by atoms with Crippen LogP contribution < -0.4 is 21.7 Å². The first-order valence-corrected chi connectivity index (χ1v) is 13.3. The van der Waals surface area contributed by atoms with Gasteiger partial charge < -0.3 is 31.8 Å². The Kier molecular flexibility index (Phi) is 9.85. The Labute approximate surface area is 237 Å². The van der Waals surface area contributed by atoms with Gasteiger partial charge in [0.25, 0.3) is 0 Å². The number of fused-ring (bicyclic) bond motifs is 1. The highest BCUT2D eigenvalue weighted by atomic mass is 16.4. The van der Waals surface area contributed by atoms with Gasteiger partial charge in [0.15, 0.2) is 0 Å². The summed E-state index contributed by atoms with van der Waals surface area (Å²) in [5.41, 5.74) is 9.60. The Morgan fingerprint density at radius 2 is 1.32 bits per heavy atom. The van der Waals surface area contributed by atoms with Crippen molar-refractivity contribution in [3.05, 3.63) is 108 Å². The molecule has 1 aromatic heterocycles. The number of nitrogens with one attached hydrogen (secondary N) is 4. The largest absolute Gasteiger partial charge is 0.480 e. The second-order valence-corrected chi connectivity index (χ2v) is 9.79. The van der Waals surface area contributed by atoms with Crippen molar-refractivity contribution in [1.29, 1.82) is 0 Å². The minimum atomic E-state index is -1.19. The van der Waals surface area contributed by atoms with Crippen molar-refractivity contribution in [2.75, 3.05) is 6.54 Å². The number of para-hydroxylation sites is 1. The number of aliphatic carboxylic acids is 1. The van der Waals surface area contributed by atoms with Gasteiger partial charge in [-0.2, -0.15) is 0 Å². The van der Waals surface area contributed by atoms with Gasteiger partial charge in [0.2, 0.25) is 17.7 Å². The number of carbonyl (C=O) groups excluding carboxylic acids is 3. The van der Waals surface area contributed by atoms with E-state index in [0.29, 0.717) is 0 Å². The van der Waals surface area contributed by atoms with E-state index < -0.39 is 48.4 Å². The average Bonchev–Trinajstić information content (AvgIpc) is 3.38. The molecular formula is C31H33N5O5. The number of amides is 3. The van der Waals surface area contributed by atoms with Crippen LogP contribution in [0.15, 0.2) is 91.1 Å². The van der Waals surface area contributed by atoms with E-state index in [1.54, 1.807) is 24.3 Å². The summed E-state index contributed by atoms with van der Waals surface area (Å²) in [5, 5.41) is 18.2. The molecule has 0 radical (unpaired) electrons. The first kappa shape index (κ1) is 29.0. The van der Waals surface area contributed by atoms with Gasteiger partial charge in [-0.1, -0.05) is 78.9 Å². The Bertz CT molecular complexity index is 1490. The summed E-state index contributed by atoms with van der Waals surface area (Å²) in [7, 11) is 0. The molecule has 10 heteroatoms. The smallest absolute Gasteiger partial charge is 0.326 e. The van der Waals surface area contributed by atoms with Crippen LogP contribution in [0.5, 0.6) is 0 Å². The van der Waals surface area contributed by atoms with Crippen molar-refractivity contribution >= 4 is 34.6 Å². The molecule has 4 aromatic rings. The summed E-state index contributed by atoms with van der Waals surface area (Å²) in [6.45, 7) is -0.458. The maximum absolute atomic E-state index is 13.1. The van der Waals surface area contributed by atoms with Gasteiger partial charge in [-0.3, -0.25) is 14.4 Å². The summed E-state index contributed by atoms with van der Waals surface area (Å²) in [4.78, 5) is 53.6. The fourth-order valence-electron chi connectivity index (χ4n) is 4.55. The number of H-pyrrole nitrogens is 1. The third-order valence-corrected chi connectivity index (χ3v) is 6.71. The van der Waals surface area contributed by atoms with Gasteiger partial charge in [0.1, 0.15) is 12.1 Å². The van der Waals surface area contributed by atoms with Crippen LogP contribution in [0.3, 0.4) is 0 Å². The fraction of sp³-hybridized carbons (Fsp3) is 0.226. The van der Waals surface area contributed by atoms with Gasteiger partial charge in [0, 0.05) is 29.9 Å². The van der Waals surface area contributed by atoms with Gasteiger partial charge in [-0.25, -0.2) is 4.79 Å². The molecule has 0 fully saturated rings. The monoisotopic (exact) mass is 555 g/mol. The number of hydrogen-bond donors (Lipinski definition) is 6. The van der Waals surface area contributed by atoms with E-state index in [-0.39, 0.29) is 19.3 Å². The molecule has 0 spiro atoms. The predicted molar refractivity (Wildman–Crippen MR) is 155 cm³/mol. The topological polar surface area (TPSA) is 166 Å². The molecule has 0 saturated carbocycles. The second kappa shape index (κ2) is 13.9. The van der Waals surface area contributed by atoms with Crippen molar-refractivity contribution in [3.63, 3.8) is 0 Å². The van der Waals surface area contributed by atoms with Gasteiger partial charge in [0.05, 0.1) is 12.6 Å². The summed E-state index contributed by atoms with van der Waals surface area (Å²) >= 11 is 0. The predicted octanol–water partition coefficient (Wildman–Crippen LogP) is 1.69. The highest BCUT2D eigenvalue weighted by Crippen LogP contribution is 2.19. The Morgan fingerprint density at radius 3 is 1.95 bits per heavy atom.